The number of hydrazine groups is 1. The van der Waals surface area contributed by atoms with Crippen LogP contribution in [-0.4, -0.2) is 5.91 Å². The molecule has 0 heterocycles. The van der Waals surface area contributed by atoms with Crippen LogP contribution in [0.5, 0.6) is 0 Å². The molecule has 1 atom stereocenters. The maximum Gasteiger partial charge on any atom is 0.243 e. The van der Waals surface area contributed by atoms with Gasteiger partial charge in [-0.05, 0) is 37.3 Å². The van der Waals surface area contributed by atoms with Crippen LogP contribution in [0.3, 0.4) is 0 Å². The molecule has 0 saturated carbocycles. The molecular formula is C14H22N2O. The quantitative estimate of drug-likeness (QED) is 0.477. The molecule has 0 spiro atoms. The van der Waals surface area contributed by atoms with E-state index in [1.54, 1.807) is 0 Å². The molecule has 1 aromatic carbocycles. The van der Waals surface area contributed by atoms with Gasteiger partial charge in [0.2, 0.25) is 5.91 Å². The number of benzene rings is 1. The molecule has 94 valence electrons. The molecule has 0 saturated heterocycles. The van der Waals surface area contributed by atoms with Crippen LogP contribution in [-0.2, 0) is 10.2 Å². The highest BCUT2D eigenvalue weighted by molar-refractivity contribution is 5.86. The lowest BCUT2D eigenvalue weighted by Crippen LogP contribution is -2.43. The standard InChI is InChI=1S/C14H22N2O/c1-5-10(2)11-6-8-12(9-7-11)14(3,4)13(17)16-15/h6-10H,5,15H2,1-4H3,(H,16,17). The maximum atomic E-state index is 11.7. The molecule has 0 bridgehead atoms. The largest absolute Gasteiger partial charge is 0.294 e. The second kappa shape index (κ2) is 5.32. The third kappa shape index (κ3) is 2.86. The first-order valence-corrected chi connectivity index (χ1v) is 6.05. The summed E-state index contributed by atoms with van der Waals surface area (Å²) < 4.78 is 0. The van der Waals surface area contributed by atoms with Gasteiger partial charge in [-0.25, -0.2) is 5.84 Å². The number of nitrogens with one attached hydrogen (secondary N) is 1. The van der Waals surface area contributed by atoms with E-state index in [1.807, 2.05) is 26.0 Å². The minimum Gasteiger partial charge on any atom is -0.294 e. The third-order valence-corrected chi connectivity index (χ3v) is 3.51. The van der Waals surface area contributed by atoms with Crippen molar-refractivity contribution in [1.82, 2.24) is 5.43 Å². The van der Waals surface area contributed by atoms with Gasteiger partial charge in [0.1, 0.15) is 0 Å². The summed E-state index contributed by atoms with van der Waals surface area (Å²) in [5.41, 5.74) is 3.90. The predicted molar refractivity (Wildman–Crippen MR) is 70.5 cm³/mol. The lowest BCUT2D eigenvalue weighted by molar-refractivity contribution is -0.125. The van der Waals surface area contributed by atoms with Crippen molar-refractivity contribution in [2.45, 2.75) is 45.4 Å². The minimum absolute atomic E-state index is 0.172. The van der Waals surface area contributed by atoms with Gasteiger partial charge < -0.3 is 0 Å². The first-order chi connectivity index (χ1) is 7.93. The Kier molecular flexibility index (Phi) is 4.29. The smallest absolute Gasteiger partial charge is 0.243 e. The van der Waals surface area contributed by atoms with E-state index in [2.05, 4.69) is 31.4 Å². The van der Waals surface area contributed by atoms with Gasteiger partial charge in [-0.2, -0.15) is 0 Å². The van der Waals surface area contributed by atoms with Crippen LogP contribution in [0.2, 0.25) is 0 Å². The second-order valence-corrected chi connectivity index (χ2v) is 5.03. The Morgan fingerprint density at radius 1 is 1.35 bits per heavy atom. The van der Waals surface area contributed by atoms with Gasteiger partial charge in [0.15, 0.2) is 0 Å². The Hall–Kier alpha value is -1.35. The average Bonchev–Trinajstić information content (AvgIpc) is 2.36. The van der Waals surface area contributed by atoms with E-state index in [0.29, 0.717) is 5.92 Å². The lowest BCUT2D eigenvalue weighted by atomic mass is 9.83. The highest BCUT2D eigenvalue weighted by atomic mass is 16.2. The Morgan fingerprint density at radius 3 is 2.29 bits per heavy atom. The van der Waals surface area contributed by atoms with Crippen molar-refractivity contribution in [2.24, 2.45) is 5.84 Å². The average molecular weight is 234 g/mol. The third-order valence-electron chi connectivity index (χ3n) is 3.51. The molecule has 3 N–H and O–H groups in total. The zero-order valence-corrected chi connectivity index (χ0v) is 11.1. The number of hydrogen-bond acceptors (Lipinski definition) is 2. The van der Waals surface area contributed by atoms with Crippen LogP contribution < -0.4 is 11.3 Å². The highest BCUT2D eigenvalue weighted by Crippen LogP contribution is 2.26. The number of nitrogens with two attached hydrogens (primary N) is 1. The lowest BCUT2D eigenvalue weighted by Gasteiger charge is -2.23. The first-order valence-electron chi connectivity index (χ1n) is 6.05. The SMILES string of the molecule is CCC(C)c1ccc(C(C)(C)C(=O)NN)cc1. The summed E-state index contributed by atoms with van der Waals surface area (Å²) >= 11 is 0. The molecule has 0 fully saturated rings. The summed E-state index contributed by atoms with van der Waals surface area (Å²) in [5, 5.41) is 0. The maximum absolute atomic E-state index is 11.7. The van der Waals surface area contributed by atoms with Crippen molar-refractivity contribution in [2.75, 3.05) is 0 Å². The van der Waals surface area contributed by atoms with Gasteiger partial charge in [-0.15, -0.1) is 0 Å². The number of carbonyl (C=O) groups excluding carboxylic acids is 1. The molecule has 0 radical (unpaired) electrons. The number of hydrogen-bond donors (Lipinski definition) is 2. The summed E-state index contributed by atoms with van der Waals surface area (Å²) in [6.45, 7) is 8.11. The molecule has 1 rings (SSSR count). The van der Waals surface area contributed by atoms with Crippen LogP contribution in [0.15, 0.2) is 24.3 Å². The van der Waals surface area contributed by atoms with Crippen LogP contribution in [0.4, 0.5) is 0 Å². The van der Waals surface area contributed by atoms with Crippen molar-refractivity contribution in [3.05, 3.63) is 35.4 Å². The van der Waals surface area contributed by atoms with Crippen LogP contribution in [0.1, 0.15) is 51.2 Å². The molecular weight excluding hydrogens is 212 g/mol. The number of carbonyl (C=O) groups is 1. The van der Waals surface area contributed by atoms with Crippen molar-refractivity contribution in [3.8, 4) is 0 Å². The fourth-order valence-corrected chi connectivity index (χ4v) is 1.78. The van der Waals surface area contributed by atoms with E-state index in [-0.39, 0.29) is 5.91 Å². The van der Waals surface area contributed by atoms with Gasteiger partial charge in [0.05, 0.1) is 5.41 Å². The zero-order chi connectivity index (χ0) is 13.1. The predicted octanol–water partition coefficient (Wildman–Crippen LogP) is 2.47. The van der Waals surface area contributed by atoms with E-state index >= 15 is 0 Å². The first kappa shape index (κ1) is 13.7. The van der Waals surface area contributed by atoms with Gasteiger partial charge in [-0.1, -0.05) is 38.1 Å². The van der Waals surface area contributed by atoms with Gasteiger partial charge >= 0.3 is 0 Å². The van der Waals surface area contributed by atoms with Crippen LogP contribution >= 0.6 is 0 Å². The molecule has 17 heavy (non-hydrogen) atoms. The van der Waals surface area contributed by atoms with Crippen LogP contribution in [0.25, 0.3) is 0 Å². The highest BCUT2D eigenvalue weighted by Gasteiger charge is 2.28. The van der Waals surface area contributed by atoms with E-state index < -0.39 is 5.41 Å². The summed E-state index contributed by atoms with van der Waals surface area (Å²) in [6.07, 6.45) is 1.12. The Balaban J connectivity index is 2.98. The topological polar surface area (TPSA) is 55.1 Å². The van der Waals surface area contributed by atoms with E-state index in [4.69, 9.17) is 5.84 Å². The summed E-state index contributed by atoms with van der Waals surface area (Å²) in [5.74, 6) is 5.57. The number of rotatable bonds is 4. The molecule has 1 aromatic rings. The fraction of sp³-hybridized carbons (Fsp3) is 0.500. The van der Waals surface area contributed by atoms with Crippen molar-refractivity contribution < 1.29 is 4.79 Å². The second-order valence-electron chi connectivity index (χ2n) is 5.03. The van der Waals surface area contributed by atoms with Gasteiger partial charge in [-0.3, -0.25) is 10.2 Å². The zero-order valence-electron chi connectivity index (χ0n) is 11.1. The van der Waals surface area contributed by atoms with Crippen molar-refractivity contribution in [1.29, 1.82) is 0 Å². The summed E-state index contributed by atoms with van der Waals surface area (Å²) in [7, 11) is 0. The van der Waals surface area contributed by atoms with Crippen LogP contribution in [0, 0.1) is 0 Å². The van der Waals surface area contributed by atoms with Crippen molar-refractivity contribution >= 4 is 5.91 Å². The summed E-state index contributed by atoms with van der Waals surface area (Å²) in [6, 6.07) is 8.21. The van der Waals surface area contributed by atoms with E-state index in [1.165, 1.54) is 5.56 Å². The monoisotopic (exact) mass is 234 g/mol. The fourth-order valence-electron chi connectivity index (χ4n) is 1.78. The Bertz CT molecular complexity index is 382. The van der Waals surface area contributed by atoms with Gasteiger partial charge in [0, 0.05) is 0 Å². The normalized spacial score (nSPS) is 13.2. The molecule has 0 aliphatic rings. The summed E-state index contributed by atoms with van der Waals surface area (Å²) in [4.78, 5) is 11.7. The molecule has 0 aromatic heterocycles. The number of amides is 1. The molecule has 3 heteroatoms. The molecule has 0 aliphatic carbocycles. The Morgan fingerprint density at radius 2 is 1.88 bits per heavy atom. The molecule has 1 unspecified atom stereocenters. The molecule has 3 nitrogen and oxygen atoms in total. The molecule has 1 amide bonds. The van der Waals surface area contributed by atoms with E-state index in [0.717, 1.165) is 12.0 Å². The molecule has 0 aliphatic heterocycles. The van der Waals surface area contributed by atoms with Gasteiger partial charge in [0.25, 0.3) is 0 Å². The van der Waals surface area contributed by atoms with E-state index in [9.17, 15) is 4.79 Å². The minimum atomic E-state index is -0.595. The Labute approximate surface area is 103 Å². The van der Waals surface area contributed by atoms with Crippen molar-refractivity contribution in [3.63, 3.8) is 0 Å².